The van der Waals surface area contributed by atoms with Crippen LogP contribution in [0.25, 0.3) is 0 Å². The average molecular weight is 448 g/mol. The summed E-state index contributed by atoms with van der Waals surface area (Å²) >= 11 is 0. The fraction of sp³-hybridized carbons (Fsp3) is 0.259. The topological polar surface area (TPSA) is 73.9 Å². The van der Waals surface area contributed by atoms with Gasteiger partial charge in [0.1, 0.15) is 0 Å². The van der Waals surface area contributed by atoms with E-state index in [1.807, 2.05) is 55.5 Å². The third-order valence-electron chi connectivity index (χ3n) is 5.19. The predicted octanol–water partition coefficient (Wildman–Crippen LogP) is 4.26. The van der Waals surface area contributed by atoms with Crippen molar-refractivity contribution >= 4 is 11.9 Å². The van der Waals surface area contributed by atoms with Gasteiger partial charge in [0.15, 0.2) is 24.7 Å². The molecule has 0 spiro atoms. The number of rotatable bonds is 11. The molecule has 3 aromatic rings. The molecule has 0 bridgehead atoms. The zero-order valence-electron chi connectivity index (χ0n) is 19.0. The number of carbonyl (C=O) groups is 2. The number of aryl methyl sites for hydroxylation is 1. The van der Waals surface area contributed by atoms with E-state index < -0.39 is 5.97 Å². The Morgan fingerprint density at radius 3 is 2.09 bits per heavy atom. The summed E-state index contributed by atoms with van der Waals surface area (Å²) in [4.78, 5) is 24.1. The van der Waals surface area contributed by atoms with Gasteiger partial charge in [0.2, 0.25) is 0 Å². The molecular formula is C27H29NO5. The average Bonchev–Trinajstić information content (AvgIpc) is 2.85. The summed E-state index contributed by atoms with van der Waals surface area (Å²) in [6, 6.07) is 25.8. The number of methoxy groups -OCH3 is 1. The van der Waals surface area contributed by atoms with Crippen LogP contribution in [0, 0.1) is 6.92 Å². The lowest BCUT2D eigenvalue weighted by molar-refractivity contribution is -0.150. The van der Waals surface area contributed by atoms with E-state index in [2.05, 4.69) is 29.6 Å². The van der Waals surface area contributed by atoms with E-state index in [4.69, 9.17) is 14.2 Å². The molecule has 0 atom stereocenters. The maximum Gasteiger partial charge on any atom is 0.344 e. The van der Waals surface area contributed by atoms with Crippen LogP contribution in [0.3, 0.4) is 0 Å². The van der Waals surface area contributed by atoms with Crippen LogP contribution in [0.1, 0.15) is 29.0 Å². The quantitative estimate of drug-likeness (QED) is 0.445. The van der Waals surface area contributed by atoms with Crippen LogP contribution < -0.4 is 14.8 Å². The first-order chi connectivity index (χ1) is 16.1. The Morgan fingerprint density at radius 2 is 1.48 bits per heavy atom. The third kappa shape index (κ3) is 7.38. The molecule has 0 aliphatic rings. The number of benzene rings is 3. The summed E-state index contributed by atoms with van der Waals surface area (Å²) in [5.74, 6) is 0.160. The zero-order valence-corrected chi connectivity index (χ0v) is 19.0. The van der Waals surface area contributed by atoms with Crippen LogP contribution in [0.15, 0.2) is 78.9 Å². The predicted molar refractivity (Wildman–Crippen MR) is 127 cm³/mol. The second kappa shape index (κ2) is 12.3. The van der Waals surface area contributed by atoms with Gasteiger partial charge in [0, 0.05) is 12.5 Å². The minimum atomic E-state index is -0.626. The summed E-state index contributed by atoms with van der Waals surface area (Å²) in [5.41, 5.74) is 3.39. The SMILES string of the molecule is COc1cc(C)ccc1OCC(=O)OCC(=O)NCCC(c1ccccc1)c1ccccc1. The normalized spacial score (nSPS) is 10.5. The summed E-state index contributed by atoms with van der Waals surface area (Å²) in [6.45, 7) is 1.73. The van der Waals surface area contributed by atoms with Gasteiger partial charge in [0.25, 0.3) is 5.91 Å². The van der Waals surface area contributed by atoms with Crippen LogP contribution in [-0.4, -0.2) is 38.7 Å². The second-order valence-corrected chi connectivity index (χ2v) is 7.62. The summed E-state index contributed by atoms with van der Waals surface area (Å²) in [7, 11) is 1.53. The van der Waals surface area contributed by atoms with Crippen molar-refractivity contribution in [2.45, 2.75) is 19.3 Å². The number of hydrogen-bond acceptors (Lipinski definition) is 5. The lowest BCUT2D eigenvalue weighted by Gasteiger charge is -2.18. The number of esters is 1. The maximum absolute atomic E-state index is 12.2. The van der Waals surface area contributed by atoms with Gasteiger partial charge in [-0.3, -0.25) is 4.79 Å². The molecule has 172 valence electrons. The largest absolute Gasteiger partial charge is 0.493 e. The Kier molecular flexibility index (Phi) is 8.88. The Bertz CT molecular complexity index is 997. The molecule has 0 saturated heterocycles. The van der Waals surface area contributed by atoms with Gasteiger partial charge in [-0.2, -0.15) is 0 Å². The van der Waals surface area contributed by atoms with Gasteiger partial charge in [-0.1, -0.05) is 66.7 Å². The van der Waals surface area contributed by atoms with E-state index in [1.54, 1.807) is 6.07 Å². The van der Waals surface area contributed by atoms with Gasteiger partial charge >= 0.3 is 5.97 Å². The second-order valence-electron chi connectivity index (χ2n) is 7.62. The Balaban J connectivity index is 1.43. The highest BCUT2D eigenvalue weighted by Crippen LogP contribution is 2.28. The van der Waals surface area contributed by atoms with Crippen LogP contribution in [0.4, 0.5) is 0 Å². The van der Waals surface area contributed by atoms with Crippen molar-refractivity contribution in [3.05, 3.63) is 95.6 Å². The molecule has 1 N–H and O–H groups in total. The van der Waals surface area contributed by atoms with Crippen molar-refractivity contribution in [2.75, 3.05) is 26.9 Å². The number of hydrogen-bond donors (Lipinski definition) is 1. The molecule has 0 radical (unpaired) electrons. The number of nitrogens with one attached hydrogen (secondary N) is 1. The maximum atomic E-state index is 12.2. The summed E-state index contributed by atoms with van der Waals surface area (Å²) in [6.07, 6.45) is 0.726. The number of ether oxygens (including phenoxy) is 3. The number of carbonyl (C=O) groups excluding carboxylic acids is 2. The van der Waals surface area contributed by atoms with Crippen molar-refractivity contribution in [3.63, 3.8) is 0 Å². The van der Waals surface area contributed by atoms with Gasteiger partial charge in [0.05, 0.1) is 7.11 Å². The first-order valence-electron chi connectivity index (χ1n) is 10.9. The van der Waals surface area contributed by atoms with E-state index in [-0.39, 0.29) is 25.0 Å². The van der Waals surface area contributed by atoms with Gasteiger partial charge < -0.3 is 19.5 Å². The van der Waals surface area contributed by atoms with Crippen molar-refractivity contribution < 1.29 is 23.8 Å². The van der Waals surface area contributed by atoms with Crippen molar-refractivity contribution in [1.29, 1.82) is 0 Å². The molecule has 0 aromatic heterocycles. The van der Waals surface area contributed by atoms with E-state index >= 15 is 0 Å². The molecular weight excluding hydrogens is 418 g/mol. The van der Waals surface area contributed by atoms with E-state index in [1.165, 1.54) is 18.2 Å². The van der Waals surface area contributed by atoms with Crippen LogP contribution in [0.2, 0.25) is 0 Å². The Morgan fingerprint density at radius 1 is 0.848 bits per heavy atom. The van der Waals surface area contributed by atoms with Crippen LogP contribution in [-0.2, 0) is 14.3 Å². The lowest BCUT2D eigenvalue weighted by atomic mass is 9.88. The summed E-state index contributed by atoms with van der Waals surface area (Å²) < 4.78 is 15.7. The fourth-order valence-corrected chi connectivity index (χ4v) is 3.52. The Labute approximate surface area is 194 Å². The third-order valence-corrected chi connectivity index (χ3v) is 5.19. The minimum Gasteiger partial charge on any atom is -0.493 e. The summed E-state index contributed by atoms with van der Waals surface area (Å²) in [5, 5.41) is 2.83. The van der Waals surface area contributed by atoms with Crippen LogP contribution >= 0.6 is 0 Å². The molecule has 6 nitrogen and oxygen atoms in total. The monoisotopic (exact) mass is 447 g/mol. The molecule has 0 aliphatic carbocycles. The highest BCUT2D eigenvalue weighted by atomic mass is 16.6. The van der Waals surface area contributed by atoms with Crippen molar-refractivity contribution in [3.8, 4) is 11.5 Å². The molecule has 33 heavy (non-hydrogen) atoms. The molecule has 0 unspecified atom stereocenters. The molecule has 3 rings (SSSR count). The highest BCUT2D eigenvalue weighted by molar-refractivity contribution is 5.80. The molecule has 1 amide bonds. The lowest BCUT2D eigenvalue weighted by Crippen LogP contribution is -2.31. The van der Waals surface area contributed by atoms with Gasteiger partial charge in [-0.15, -0.1) is 0 Å². The van der Waals surface area contributed by atoms with Gasteiger partial charge in [-0.25, -0.2) is 4.79 Å². The molecule has 0 saturated carbocycles. The molecule has 6 heteroatoms. The van der Waals surface area contributed by atoms with E-state index in [0.29, 0.717) is 18.0 Å². The van der Waals surface area contributed by atoms with E-state index in [9.17, 15) is 9.59 Å². The molecule has 0 aliphatic heterocycles. The molecule has 3 aromatic carbocycles. The minimum absolute atomic E-state index is 0.160. The first kappa shape index (κ1) is 23.9. The van der Waals surface area contributed by atoms with Crippen LogP contribution in [0.5, 0.6) is 11.5 Å². The first-order valence-corrected chi connectivity index (χ1v) is 10.9. The highest BCUT2D eigenvalue weighted by Gasteiger charge is 2.15. The zero-order chi connectivity index (χ0) is 23.5. The van der Waals surface area contributed by atoms with Crippen molar-refractivity contribution in [2.24, 2.45) is 0 Å². The standard InChI is InChI=1S/C27H29NO5/c1-20-13-14-24(25(17-20)31-2)32-19-27(30)33-18-26(29)28-16-15-23(21-9-5-3-6-10-21)22-11-7-4-8-12-22/h3-14,17,23H,15-16,18-19H2,1-2H3,(H,28,29). The smallest absolute Gasteiger partial charge is 0.344 e. The van der Waals surface area contributed by atoms with E-state index in [0.717, 1.165) is 12.0 Å². The van der Waals surface area contributed by atoms with Crippen molar-refractivity contribution in [1.82, 2.24) is 5.32 Å². The molecule has 0 fully saturated rings. The fourth-order valence-electron chi connectivity index (χ4n) is 3.52. The van der Waals surface area contributed by atoms with Gasteiger partial charge in [-0.05, 0) is 42.2 Å². The number of amides is 1. The molecule has 0 heterocycles. The Hall–Kier alpha value is -3.80.